The fourth-order valence-electron chi connectivity index (χ4n) is 2.82. The molecular weight excluding hydrogens is 372 g/mol. The van der Waals surface area contributed by atoms with Crippen LogP contribution in [0.2, 0.25) is 0 Å². The molecule has 0 spiro atoms. The van der Waals surface area contributed by atoms with Crippen LogP contribution in [0.25, 0.3) is 0 Å². The van der Waals surface area contributed by atoms with Crippen molar-refractivity contribution in [3.8, 4) is 11.5 Å². The molecule has 0 unspecified atom stereocenters. The molecule has 1 aliphatic heterocycles. The molecule has 1 atom stereocenters. The summed E-state index contributed by atoms with van der Waals surface area (Å²) >= 11 is 0. The lowest BCUT2D eigenvalue weighted by molar-refractivity contribution is 0.0635. The number of amides is 2. The van der Waals surface area contributed by atoms with Gasteiger partial charge in [-0.05, 0) is 69.7 Å². The molecule has 0 aromatic heterocycles. The lowest BCUT2D eigenvalue weighted by atomic mass is 10.1. The first-order valence-electron chi connectivity index (χ1n) is 9.52. The van der Waals surface area contributed by atoms with E-state index >= 15 is 0 Å². The molecule has 7 nitrogen and oxygen atoms in total. The van der Waals surface area contributed by atoms with Crippen LogP contribution in [-0.4, -0.2) is 30.8 Å². The van der Waals surface area contributed by atoms with E-state index in [2.05, 4.69) is 10.6 Å². The second-order valence-electron chi connectivity index (χ2n) is 7.80. The molecule has 1 aliphatic rings. The third-order valence-corrected chi connectivity index (χ3v) is 4.21. The molecule has 0 aliphatic carbocycles. The second kappa shape index (κ2) is 8.43. The van der Waals surface area contributed by atoms with Gasteiger partial charge in [-0.3, -0.25) is 10.1 Å². The van der Waals surface area contributed by atoms with Crippen molar-refractivity contribution < 1.29 is 23.8 Å². The fraction of sp³-hybridized carbons (Fsp3) is 0.364. The summed E-state index contributed by atoms with van der Waals surface area (Å²) in [6.45, 7) is 8.34. The van der Waals surface area contributed by atoms with Gasteiger partial charge in [-0.25, -0.2) is 4.79 Å². The zero-order chi connectivity index (χ0) is 21.0. The Morgan fingerprint density at radius 3 is 2.31 bits per heavy atom. The Balaban J connectivity index is 1.59. The van der Waals surface area contributed by atoms with Gasteiger partial charge in [-0.2, -0.15) is 0 Å². The van der Waals surface area contributed by atoms with E-state index in [9.17, 15) is 9.59 Å². The third kappa shape index (κ3) is 5.63. The van der Waals surface area contributed by atoms with Crippen molar-refractivity contribution >= 4 is 17.7 Å². The Bertz CT molecular complexity index is 887. The van der Waals surface area contributed by atoms with Crippen LogP contribution < -0.4 is 20.1 Å². The van der Waals surface area contributed by atoms with Gasteiger partial charge >= 0.3 is 6.09 Å². The molecule has 3 rings (SSSR count). The quantitative estimate of drug-likeness (QED) is 0.802. The highest BCUT2D eigenvalue weighted by molar-refractivity contribution is 5.95. The van der Waals surface area contributed by atoms with E-state index < -0.39 is 11.7 Å². The smallest absolute Gasteiger partial charge is 0.412 e. The monoisotopic (exact) mass is 398 g/mol. The Kier molecular flexibility index (Phi) is 5.96. The molecule has 0 fully saturated rings. The first-order chi connectivity index (χ1) is 13.7. The summed E-state index contributed by atoms with van der Waals surface area (Å²) in [6, 6.07) is 12.1. The summed E-state index contributed by atoms with van der Waals surface area (Å²) in [4.78, 5) is 24.4. The van der Waals surface area contributed by atoms with Gasteiger partial charge in [0.05, 0.1) is 6.04 Å². The van der Waals surface area contributed by atoms with Gasteiger partial charge < -0.3 is 19.5 Å². The lowest BCUT2D eigenvalue weighted by Gasteiger charge is -2.21. The molecule has 2 aromatic rings. The predicted molar refractivity (Wildman–Crippen MR) is 110 cm³/mol. The molecule has 29 heavy (non-hydrogen) atoms. The number of hydrogen-bond acceptors (Lipinski definition) is 5. The van der Waals surface area contributed by atoms with E-state index in [-0.39, 0.29) is 11.9 Å². The largest absolute Gasteiger partial charge is 0.486 e. The minimum atomic E-state index is -0.575. The summed E-state index contributed by atoms with van der Waals surface area (Å²) in [6.07, 6.45) is -0.540. The van der Waals surface area contributed by atoms with Gasteiger partial charge in [0, 0.05) is 11.3 Å². The van der Waals surface area contributed by atoms with Gasteiger partial charge in [0.2, 0.25) is 0 Å². The predicted octanol–water partition coefficient (Wildman–Crippen LogP) is 4.30. The summed E-state index contributed by atoms with van der Waals surface area (Å²) < 4.78 is 16.3. The Labute approximate surface area is 170 Å². The lowest BCUT2D eigenvalue weighted by Crippen LogP contribution is -2.27. The number of hydrogen-bond donors (Lipinski definition) is 2. The molecule has 7 heteroatoms. The van der Waals surface area contributed by atoms with Crippen LogP contribution in [0.1, 0.15) is 49.7 Å². The SMILES string of the molecule is C[C@@H](NC(=O)c1ccc(NC(=O)OC(C)(C)C)cc1)c1ccc2c(c1)OCCO2. The van der Waals surface area contributed by atoms with E-state index in [1.165, 1.54) is 0 Å². The molecule has 1 heterocycles. The van der Waals surface area contributed by atoms with Crippen molar-refractivity contribution in [3.05, 3.63) is 53.6 Å². The van der Waals surface area contributed by atoms with Crippen molar-refractivity contribution in [2.45, 2.75) is 39.3 Å². The molecule has 154 valence electrons. The average molecular weight is 398 g/mol. The normalized spacial score (nSPS) is 13.9. The third-order valence-electron chi connectivity index (χ3n) is 4.21. The topological polar surface area (TPSA) is 85.9 Å². The average Bonchev–Trinajstić information content (AvgIpc) is 2.66. The molecule has 0 saturated carbocycles. The van der Waals surface area contributed by atoms with Crippen LogP contribution in [0.3, 0.4) is 0 Å². The van der Waals surface area contributed by atoms with Crippen LogP contribution in [0.5, 0.6) is 11.5 Å². The van der Waals surface area contributed by atoms with E-state index in [1.54, 1.807) is 45.0 Å². The molecule has 2 N–H and O–H groups in total. The number of rotatable bonds is 4. The van der Waals surface area contributed by atoms with E-state index in [0.717, 1.165) is 5.56 Å². The maximum absolute atomic E-state index is 12.6. The van der Waals surface area contributed by atoms with Crippen LogP contribution in [0.15, 0.2) is 42.5 Å². The van der Waals surface area contributed by atoms with Crippen LogP contribution >= 0.6 is 0 Å². The Hall–Kier alpha value is -3.22. The van der Waals surface area contributed by atoms with Crippen molar-refractivity contribution in [1.29, 1.82) is 0 Å². The summed E-state index contributed by atoms with van der Waals surface area (Å²) in [5.74, 6) is 1.19. The molecule has 2 aromatic carbocycles. The zero-order valence-electron chi connectivity index (χ0n) is 17.1. The number of carbonyl (C=O) groups is 2. The minimum Gasteiger partial charge on any atom is -0.486 e. The molecule has 0 bridgehead atoms. The first kappa shape index (κ1) is 20.5. The van der Waals surface area contributed by atoms with Crippen molar-refractivity contribution in [3.63, 3.8) is 0 Å². The Morgan fingerprint density at radius 1 is 1.00 bits per heavy atom. The molecule has 0 saturated heterocycles. The summed E-state index contributed by atoms with van der Waals surface area (Å²) in [7, 11) is 0. The Morgan fingerprint density at radius 2 is 1.66 bits per heavy atom. The maximum atomic E-state index is 12.6. The maximum Gasteiger partial charge on any atom is 0.412 e. The van der Waals surface area contributed by atoms with Crippen molar-refractivity contribution in [2.24, 2.45) is 0 Å². The number of benzene rings is 2. The zero-order valence-corrected chi connectivity index (χ0v) is 17.1. The van der Waals surface area contributed by atoms with E-state index in [4.69, 9.17) is 14.2 Å². The van der Waals surface area contributed by atoms with E-state index in [0.29, 0.717) is 36.0 Å². The second-order valence-corrected chi connectivity index (χ2v) is 7.80. The van der Waals surface area contributed by atoms with Crippen molar-refractivity contribution in [2.75, 3.05) is 18.5 Å². The highest BCUT2D eigenvalue weighted by Crippen LogP contribution is 2.32. The van der Waals surface area contributed by atoms with Gasteiger partial charge in [-0.15, -0.1) is 0 Å². The summed E-state index contributed by atoms with van der Waals surface area (Å²) in [5.41, 5.74) is 1.39. The molecule has 2 amide bonds. The fourth-order valence-corrected chi connectivity index (χ4v) is 2.82. The molecular formula is C22H26N2O5. The highest BCUT2D eigenvalue weighted by Gasteiger charge is 2.18. The van der Waals surface area contributed by atoms with Gasteiger partial charge in [-0.1, -0.05) is 6.07 Å². The van der Waals surface area contributed by atoms with Gasteiger partial charge in [0.25, 0.3) is 5.91 Å². The number of fused-ring (bicyclic) bond motifs is 1. The first-order valence-corrected chi connectivity index (χ1v) is 9.52. The number of ether oxygens (including phenoxy) is 3. The van der Waals surface area contributed by atoms with Crippen LogP contribution in [-0.2, 0) is 4.74 Å². The van der Waals surface area contributed by atoms with Crippen LogP contribution in [0.4, 0.5) is 10.5 Å². The van der Waals surface area contributed by atoms with Crippen LogP contribution in [0, 0.1) is 0 Å². The van der Waals surface area contributed by atoms with Crippen molar-refractivity contribution in [1.82, 2.24) is 5.32 Å². The van der Waals surface area contributed by atoms with Gasteiger partial charge in [0.15, 0.2) is 11.5 Å². The number of carbonyl (C=O) groups excluding carboxylic acids is 2. The summed E-state index contributed by atoms with van der Waals surface area (Å²) in [5, 5.41) is 5.60. The van der Waals surface area contributed by atoms with Gasteiger partial charge in [0.1, 0.15) is 18.8 Å². The van der Waals surface area contributed by atoms with E-state index in [1.807, 2.05) is 25.1 Å². The molecule has 0 radical (unpaired) electrons. The standard InChI is InChI=1S/C22H26N2O5/c1-14(16-7-10-18-19(13-16)28-12-11-27-18)23-20(25)15-5-8-17(9-6-15)24-21(26)29-22(2,3)4/h5-10,13-14H,11-12H2,1-4H3,(H,23,25)(H,24,26)/t14-/m1/s1. The highest BCUT2D eigenvalue weighted by atomic mass is 16.6. The number of nitrogens with one attached hydrogen (secondary N) is 2. The minimum absolute atomic E-state index is 0.210. The number of anilines is 1.